The van der Waals surface area contributed by atoms with E-state index >= 15 is 0 Å². The van der Waals surface area contributed by atoms with E-state index in [-0.39, 0.29) is 22.4 Å². The zero-order valence-corrected chi connectivity index (χ0v) is 20.6. The Labute approximate surface area is 203 Å². The largest absolute Gasteiger partial charge is 0.492 e. The van der Waals surface area contributed by atoms with Crippen molar-refractivity contribution in [1.29, 1.82) is 0 Å². The average molecular weight is 499 g/mol. The van der Waals surface area contributed by atoms with Crippen molar-refractivity contribution in [2.24, 2.45) is 0 Å². The van der Waals surface area contributed by atoms with E-state index < -0.39 is 21.9 Å². The van der Waals surface area contributed by atoms with Crippen LogP contribution in [-0.2, 0) is 15.4 Å². The number of benzene rings is 2. The van der Waals surface area contributed by atoms with Gasteiger partial charge in [0.15, 0.2) is 5.75 Å². The third-order valence-corrected chi connectivity index (χ3v) is 6.67. The van der Waals surface area contributed by atoms with E-state index in [1.54, 1.807) is 30.3 Å². The van der Waals surface area contributed by atoms with Crippen LogP contribution in [0.2, 0.25) is 0 Å². The first-order chi connectivity index (χ1) is 16.4. The minimum absolute atomic E-state index is 0.0280. The summed E-state index contributed by atoms with van der Waals surface area (Å²) in [5, 5.41) is 16.1. The summed E-state index contributed by atoms with van der Waals surface area (Å²) in [7, 11) is -2.19. The molecule has 1 aliphatic carbocycles. The van der Waals surface area contributed by atoms with Crippen molar-refractivity contribution in [3.05, 3.63) is 65.0 Å². The number of sulfonamides is 1. The normalized spacial score (nSPS) is 14.3. The number of anilines is 2. The van der Waals surface area contributed by atoms with E-state index in [9.17, 15) is 23.1 Å². The van der Waals surface area contributed by atoms with E-state index in [2.05, 4.69) is 22.1 Å². The van der Waals surface area contributed by atoms with Gasteiger partial charge < -0.3 is 15.2 Å². The lowest BCUT2D eigenvalue weighted by molar-refractivity contribution is 0.0696. The smallest absolute Gasteiger partial charge is 0.338 e. The number of hydrogen-bond donors (Lipinski definition) is 3. The molecule has 0 saturated heterocycles. The topological polar surface area (TPSA) is 140 Å². The molecule has 1 aliphatic rings. The van der Waals surface area contributed by atoms with Gasteiger partial charge in [0.05, 0.1) is 42.2 Å². The van der Waals surface area contributed by atoms with Crippen LogP contribution in [-0.4, -0.2) is 48.5 Å². The standard InChI is InChI=1S/C24H26N4O6S/c1-14-5-6-15(9-20(14)28-13-16(12-25-28)23(30)31)22(29)26-18-10-17(24(2)7-8-24)11-19(21(18)34-3)27-35(4,32)33/h5-6,9-13,27H,7-8H2,1-4H3,(H,26,29)(H,30,31). The van der Waals surface area contributed by atoms with Crippen LogP contribution in [0.3, 0.4) is 0 Å². The number of aromatic carboxylic acids is 1. The SMILES string of the molecule is COc1c(NC(=O)c2ccc(C)c(-n3cc(C(=O)O)cn3)c2)cc(C2(C)CC2)cc1NS(C)(=O)=O. The molecule has 3 N–H and O–H groups in total. The molecule has 1 fully saturated rings. The van der Waals surface area contributed by atoms with Crippen LogP contribution in [0.15, 0.2) is 42.7 Å². The monoisotopic (exact) mass is 498 g/mol. The van der Waals surface area contributed by atoms with Crippen LogP contribution >= 0.6 is 0 Å². The Morgan fingerprint density at radius 1 is 1.14 bits per heavy atom. The first-order valence-electron chi connectivity index (χ1n) is 10.8. The molecule has 10 nitrogen and oxygen atoms in total. The molecule has 4 rings (SSSR count). The zero-order chi connectivity index (χ0) is 25.5. The highest BCUT2D eigenvalue weighted by molar-refractivity contribution is 7.92. The lowest BCUT2D eigenvalue weighted by Crippen LogP contribution is -2.17. The van der Waals surface area contributed by atoms with Gasteiger partial charge in [0.1, 0.15) is 0 Å². The van der Waals surface area contributed by atoms with Gasteiger partial charge in [0.25, 0.3) is 5.91 Å². The van der Waals surface area contributed by atoms with Crippen LogP contribution in [0, 0.1) is 6.92 Å². The van der Waals surface area contributed by atoms with Crippen LogP contribution < -0.4 is 14.8 Å². The first-order valence-corrected chi connectivity index (χ1v) is 12.7. The molecular formula is C24H26N4O6S. The van der Waals surface area contributed by atoms with Crippen molar-refractivity contribution >= 4 is 33.3 Å². The lowest BCUT2D eigenvalue weighted by atomic mass is 9.96. The van der Waals surface area contributed by atoms with E-state index in [1.807, 2.05) is 6.92 Å². The fourth-order valence-corrected chi connectivity index (χ4v) is 4.35. The van der Waals surface area contributed by atoms with Crippen molar-refractivity contribution in [2.75, 3.05) is 23.4 Å². The number of ether oxygens (including phenoxy) is 1. The van der Waals surface area contributed by atoms with E-state index in [1.165, 1.54) is 24.2 Å². The maximum atomic E-state index is 13.2. The van der Waals surface area contributed by atoms with Gasteiger partial charge in [-0.05, 0) is 60.6 Å². The molecule has 1 heterocycles. The summed E-state index contributed by atoms with van der Waals surface area (Å²) in [5.41, 5.74) is 3.06. The number of hydrogen-bond acceptors (Lipinski definition) is 6. The number of carboxylic acids is 1. The first kappa shape index (κ1) is 24.3. The van der Waals surface area contributed by atoms with E-state index in [0.29, 0.717) is 16.9 Å². The minimum atomic E-state index is -3.59. The quantitative estimate of drug-likeness (QED) is 0.431. The van der Waals surface area contributed by atoms with E-state index in [0.717, 1.165) is 30.2 Å². The van der Waals surface area contributed by atoms with Gasteiger partial charge in [-0.15, -0.1) is 0 Å². The van der Waals surface area contributed by atoms with Gasteiger partial charge >= 0.3 is 5.97 Å². The second-order valence-electron chi connectivity index (χ2n) is 8.97. The molecule has 1 amide bonds. The van der Waals surface area contributed by atoms with Gasteiger partial charge in [-0.2, -0.15) is 5.10 Å². The molecular weight excluding hydrogens is 472 g/mol. The Hall–Kier alpha value is -3.86. The van der Waals surface area contributed by atoms with Gasteiger partial charge in [-0.3, -0.25) is 9.52 Å². The predicted molar refractivity (Wildman–Crippen MR) is 131 cm³/mol. The molecule has 0 unspecified atom stereocenters. The summed E-state index contributed by atoms with van der Waals surface area (Å²) >= 11 is 0. The van der Waals surface area contributed by atoms with Gasteiger partial charge in [-0.25, -0.2) is 17.9 Å². The zero-order valence-electron chi connectivity index (χ0n) is 19.7. The second kappa shape index (κ2) is 8.73. The highest BCUT2D eigenvalue weighted by Crippen LogP contribution is 2.50. The summed E-state index contributed by atoms with van der Waals surface area (Å²) in [4.78, 5) is 24.4. The molecule has 11 heteroatoms. The van der Waals surface area contributed by atoms with Crippen molar-refractivity contribution in [1.82, 2.24) is 9.78 Å². The number of nitrogens with zero attached hydrogens (tertiary/aromatic N) is 2. The number of nitrogens with one attached hydrogen (secondary N) is 2. The molecule has 1 aromatic heterocycles. The maximum Gasteiger partial charge on any atom is 0.338 e. The van der Waals surface area contributed by atoms with Crippen LogP contribution in [0.4, 0.5) is 11.4 Å². The third kappa shape index (κ3) is 5.14. The third-order valence-electron chi connectivity index (χ3n) is 6.08. The molecule has 0 atom stereocenters. The molecule has 0 radical (unpaired) electrons. The van der Waals surface area contributed by atoms with Crippen molar-refractivity contribution in [3.8, 4) is 11.4 Å². The Morgan fingerprint density at radius 3 is 2.40 bits per heavy atom. The number of amides is 1. The number of carboxylic acid groups (broad SMARTS) is 1. The van der Waals surface area contributed by atoms with E-state index in [4.69, 9.17) is 4.74 Å². The van der Waals surface area contributed by atoms with Crippen molar-refractivity contribution < 1.29 is 27.9 Å². The Balaban J connectivity index is 1.71. The highest BCUT2D eigenvalue weighted by atomic mass is 32.2. The number of methoxy groups -OCH3 is 1. The Bertz CT molecular complexity index is 1440. The van der Waals surface area contributed by atoms with Gasteiger partial charge in [0, 0.05) is 11.8 Å². The molecule has 0 bridgehead atoms. The number of aryl methyl sites for hydroxylation is 1. The maximum absolute atomic E-state index is 13.2. The highest BCUT2D eigenvalue weighted by Gasteiger charge is 2.40. The fraction of sp³-hybridized carbons (Fsp3) is 0.292. The summed E-state index contributed by atoms with van der Waals surface area (Å²) in [6, 6.07) is 8.53. The number of carbonyl (C=O) groups is 2. The van der Waals surface area contributed by atoms with Crippen LogP contribution in [0.5, 0.6) is 5.75 Å². The fourth-order valence-electron chi connectivity index (χ4n) is 3.80. The molecule has 1 saturated carbocycles. The predicted octanol–water partition coefficient (Wildman–Crippen LogP) is 3.56. The minimum Gasteiger partial charge on any atom is -0.492 e. The molecule has 35 heavy (non-hydrogen) atoms. The van der Waals surface area contributed by atoms with Crippen LogP contribution in [0.25, 0.3) is 5.69 Å². The van der Waals surface area contributed by atoms with Gasteiger partial charge in [0.2, 0.25) is 10.0 Å². The Kier molecular flexibility index (Phi) is 6.05. The summed E-state index contributed by atoms with van der Waals surface area (Å²) in [6.45, 7) is 3.90. The molecule has 3 aromatic rings. The lowest BCUT2D eigenvalue weighted by Gasteiger charge is -2.20. The summed E-state index contributed by atoms with van der Waals surface area (Å²) < 4.78 is 33.3. The number of rotatable bonds is 8. The summed E-state index contributed by atoms with van der Waals surface area (Å²) in [6.07, 6.45) is 5.57. The Morgan fingerprint density at radius 2 is 1.83 bits per heavy atom. The second-order valence-corrected chi connectivity index (χ2v) is 10.7. The summed E-state index contributed by atoms with van der Waals surface area (Å²) in [5.74, 6) is -1.35. The number of aromatic nitrogens is 2. The van der Waals surface area contributed by atoms with Gasteiger partial charge in [-0.1, -0.05) is 13.0 Å². The average Bonchev–Trinajstić information content (AvgIpc) is 3.33. The van der Waals surface area contributed by atoms with Crippen molar-refractivity contribution in [2.45, 2.75) is 32.1 Å². The number of carbonyl (C=O) groups excluding carboxylic acids is 1. The molecule has 2 aromatic carbocycles. The molecule has 184 valence electrons. The molecule has 0 aliphatic heterocycles. The van der Waals surface area contributed by atoms with Crippen molar-refractivity contribution in [3.63, 3.8) is 0 Å². The van der Waals surface area contributed by atoms with Crippen LogP contribution in [0.1, 0.15) is 51.6 Å². The molecule has 0 spiro atoms.